The van der Waals surface area contributed by atoms with E-state index in [1.807, 2.05) is 11.5 Å². The van der Waals surface area contributed by atoms with Crippen molar-refractivity contribution < 1.29 is 4.73 Å². The van der Waals surface area contributed by atoms with E-state index in [9.17, 15) is 5.21 Å². The fraction of sp³-hybridized carbons (Fsp3) is 0.400. The molecule has 0 N–H and O–H groups in total. The molecule has 0 atom stereocenters. The lowest BCUT2D eigenvalue weighted by molar-refractivity contribution is -0.604. The number of aromatic nitrogens is 2. The van der Waals surface area contributed by atoms with Crippen LogP contribution in [0, 0.1) is 5.21 Å². The standard InChI is InChI=1S/C5H8N2O/c1-2-6-3-4-7(8)5-6/h3-5H,2H2,1H3. The van der Waals surface area contributed by atoms with Crippen LogP contribution in [-0.4, -0.2) is 4.57 Å². The average molecular weight is 112 g/mol. The Bertz CT molecular complexity index is 171. The van der Waals surface area contributed by atoms with E-state index in [1.165, 1.54) is 12.5 Å². The molecule has 1 rings (SSSR count). The Hall–Kier alpha value is -0.990. The third kappa shape index (κ3) is 0.804. The molecule has 0 aliphatic carbocycles. The van der Waals surface area contributed by atoms with E-state index in [-0.39, 0.29) is 0 Å². The van der Waals surface area contributed by atoms with Gasteiger partial charge in [0.05, 0.1) is 6.54 Å². The van der Waals surface area contributed by atoms with Gasteiger partial charge in [-0.25, -0.2) is 9.30 Å². The summed E-state index contributed by atoms with van der Waals surface area (Å²) in [6.07, 6.45) is 4.72. The molecule has 0 aromatic carbocycles. The van der Waals surface area contributed by atoms with Gasteiger partial charge in [-0.15, -0.1) is 0 Å². The summed E-state index contributed by atoms with van der Waals surface area (Å²) in [7, 11) is 0. The monoisotopic (exact) mass is 112 g/mol. The second-order valence-electron chi connectivity index (χ2n) is 1.60. The van der Waals surface area contributed by atoms with Gasteiger partial charge in [-0.1, -0.05) is 0 Å². The first-order valence-electron chi connectivity index (χ1n) is 2.57. The summed E-state index contributed by atoms with van der Waals surface area (Å²) in [6, 6.07) is 0. The van der Waals surface area contributed by atoms with Crippen molar-refractivity contribution in [3.8, 4) is 0 Å². The van der Waals surface area contributed by atoms with Crippen molar-refractivity contribution >= 4 is 0 Å². The number of aryl methyl sites for hydroxylation is 1. The number of rotatable bonds is 1. The van der Waals surface area contributed by atoms with Crippen LogP contribution in [0.15, 0.2) is 18.7 Å². The lowest BCUT2D eigenvalue weighted by atomic mass is 10.7. The normalized spacial score (nSPS) is 9.62. The molecule has 0 amide bonds. The lowest BCUT2D eigenvalue weighted by Gasteiger charge is -1.89. The van der Waals surface area contributed by atoms with Crippen molar-refractivity contribution in [2.24, 2.45) is 0 Å². The third-order valence-electron chi connectivity index (χ3n) is 1.03. The molecule has 0 spiro atoms. The largest absolute Gasteiger partial charge is 0.711 e. The zero-order chi connectivity index (χ0) is 5.98. The molecular weight excluding hydrogens is 104 g/mol. The molecule has 1 aromatic heterocycles. The summed E-state index contributed by atoms with van der Waals surface area (Å²) in [4.78, 5) is 0. The maximum absolute atomic E-state index is 10.3. The van der Waals surface area contributed by atoms with Gasteiger partial charge in [0.1, 0.15) is 12.4 Å². The van der Waals surface area contributed by atoms with Gasteiger partial charge >= 0.3 is 0 Å². The van der Waals surface area contributed by atoms with Crippen LogP contribution in [0.25, 0.3) is 0 Å². The molecule has 0 saturated carbocycles. The molecule has 0 radical (unpaired) electrons. The minimum absolute atomic E-state index is 0.781. The molecule has 1 heterocycles. The molecule has 0 aliphatic rings. The van der Waals surface area contributed by atoms with Crippen LogP contribution in [0.2, 0.25) is 0 Å². The molecule has 0 unspecified atom stereocenters. The first-order chi connectivity index (χ1) is 3.83. The van der Waals surface area contributed by atoms with Crippen LogP contribution in [0.3, 0.4) is 0 Å². The zero-order valence-corrected chi connectivity index (χ0v) is 4.74. The molecule has 44 valence electrons. The van der Waals surface area contributed by atoms with Crippen LogP contribution in [0.1, 0.15) is 6.92 Å². The zero-order valence-electron chi connectivity index (χ0n) is 4.74. The van der Waals surface area contributed by atoms with Gasteiger partial charge in [0.2, 0.25) is 6.33 Å². The Morgan fingerprint density at radius 1 is 1.75 bits per heavy atom. The van der Waals surface area contributed by atoms with Gasteiger partial charge in [0.25, 0.3) is 0 Å². The van der Waals surface area contributed by atoms with E-state index in [4.69, 9.17) is 0 Å². The number of hydrogen-bond donors (Lipinski definition) is 0. The Morgan fingerprint density at radius 3 is 2.75 bits per heavy atom. The maximum atomic E-state index is 10.3. The topological polar surface area (TPSA) is 31.9 Å². The van der Waals surface area contributed by atoms with Gasteiger partial charge in [0, 0.05) is 0 Å². The summed E-state index contributed by atoms with van der Waals surface area (Å²) < 4.78 is 2.59. The van der Waals surface area contributed by atoms with Crippen molar-refractivity contribution in [1.82, 2.24) is 4.57 Å². The molecule has 0 saturated heterocycles. The van der Waals surface area contributed by atoms with E-state index in [0.717, 1.165) is 11.3 Å². The van der Waals surface area contributed by atoms with Crippen molar-refractivity contribution in [1.29, 1.82) is 0 Å². The smallest absolute Gasteiger partial charge is 0.246 e. The second-order valence-corrected chi connectivity index (χ2v) is 1.60. The van der Waals surface area contributed by atoms with Crippen LogP contribution in [0.5, 0.6) is 0 Å². The number of nitrogens with zero attached hydrogens (tertiary/aromatic N) is 2. The van der Waals surface area contributed by atoms with Crippen molar-refractivity contribution in [2.75, 3.05) is 0 Å². The van der Waals surface area contributed by atoms with E-state index in [2.05, 4.69) is 0 Å². The Balaban J connectivity index is 2.84. The highest BCUT2D eigenvalue weighted by Gasteiger charge is 1.90. The van der Waals surface area contributed by atoms with Crippen molar-refractivity contribution in [3.05, 3.63) is 23.9 Å². The average Bonchev–Trinajstić information content (AvgIpc) is 2.14. The Labute approximate surface area is 47.8 Å². The molecule has 0 aliphatic heterocycles. The van der Waals surface area contributed by atoms with Gasteiger partial charge in [-0.3, -0.25) is 0 Å². The number of imidazole rings is 1. The molecule has 0 bridgehead atoms. The molecule has 8 heavy (non-hydrogen) atoms. The minimum atomic E-state index is 0.781. The van der Waals surface area contributed by atoms with E-state index < -0.39 is 0 Å². The van der Waals surface area contributed by atoms with E-state index in [0.29, 0.717) is 0 Å². The van der Waals surface area contributed by atoms with Crippen LogP contribution in [-0.2, 0) is 6.54 Å². The molecule has 3 heteroatoms. The van der Waals surface area contributed by atoms with Gasteiger partial charge in [-0.2, -0.15) is 0 Å². The summed E-state index contributed by atoms with van der Waals surface area (Å²) in [5.74, 6) is 0. The van der Waals surface area contributed by atoms with Crippen LogP contribution < -0.4 is 4.73 Å². The van der Waals surface area contributed by atoms with Gasteiger partial charge in [0.15, 0.2) is 0 Å². The molecule has 3 nitrogen and oxygen atoms in total. The molecule has 0 fully saturated rings. The summed E-state index contributed by atoms with van der Waals surface area (Å²) >= 11 is 0. The Kier molecular flexibility index (Phi) is 1.20. The van der Waals surface area contributed by atoms with Crippen molar-refractivity contribution in [3.63, 3.8) is 0 Å². The predicted octanol–water partition coefficient (Wildman–Crippen LogP) is 0.141. The van der Waals surface area contributed by atoms with Gasteiger partial charge < -0.3 is 5.21 Å². The van der Waals surface area contributed by atoms with Crippen molar-refractivity contribution in [2.45, 2.75) is 13.5 Å². The van der Waals surface area contributed by atoms with E-state index >= 15 is 0 Å². The van der Waals surface area contributed by atoms with Crippen LogP contribution in [0.4, 0.5) is 0 Å². The maximum Gasteiger partial charge on any atom is 0.246 e. The van der Waals surface area contributed by atoms with Crippen LogP contribution >= 0.6 is 0 Å². The summed E-state index contributed by atoms with van der Waals surface area (Å²) in [6.45, 7) is 2.84. The van der Waals surface area contributed by atoms with E-state index in [1.54, 1.807) is 6.20 Å². The first kappa shape index (κ1) is 5.15. The Morgan fingerprint density at radius 2 is 2.50 bits per heavy atom. The lowest BCUT2D eigenvalue weighted by Crippen LogP contribution is -2.21. The fourth-order valence-electron chi connectivity index (χ4n) is 0.562. The second kappa shape index (κ2) is 1.86. The highest BCUT2D eigenvalue weighted by Crippen LogP contribution is 1.79. The molecular formula is C5H8N2O. The highest BCUT2D eigenvalue weighted by molar-refractivity contribution is 4.64. The quantitative estimate of drug-likeness (QED) is 0.375. The highest BCUT2D eigenvalue weighted by atomic mass is 16.5. The predicted molar refractivity (Wildman–Crippen MR) is 29.1 cm³/mol. The third-order valence-corrected chi connectivity index (χ3v) is 1.03. The summed E-state index contributed by atoms with van der Waals surface area (Å²) in [5, 5.41) is 10.3. The summed E-state index contributed by atoms with van der Waals surface area (Å²) in [5.41, 5.74) is 0. The minimum Gasteiger partial charge on any atom is -0.711 e. The number of hydrogen-bond acceptors (Lipinski definition) is 1. The van der Waals surface area contributed by atoms with Gasteiger partial charge in [-0.05, 0) is 6.92 Å². The fourth-order valence-corrected chi connectivity index (χ4v) is 0.562. The SMILES string of the molecule is CCn1cc[n+]([O-])c1. The first-order valence-corrected chi connectivity index (χ1v) is 2.57. The molecule has 1 aromatic rings.